The number of nitrogens with zero attached hydrogens (tertiary/aromatic N) is 5. The fraction of sp³-hybridized carbons (Fsp3) is 0.222. The maximum Gasteiger partial charge on any atom is 0.337 e. The number of hydrogen-bond donors (Lipinski definition) is 2. The number of benzene rings is 3. The first-order chi connectivity index (χ1) is 26.6. The topological polar surface area (TPSA) is 115 Å². The van der Waals surface area contributed by atoms with Gasteiger partial charge in [0.15, 0.2) is 5.69 Å². The molecule has 0 atom stereocenters. The Morgan fingerprint density at radius 3 is 1.80 bits per heavy atom. The molecule has 2 N–H and O–H groups in total. The van der Waals surface area contributed by atoms with Gasteiger partial charge in [-0.3, -0.25) is 9.97 Å². The summed E-state index contributed by atoms with van der Waals surface area (Å²) < 4.78 is 5.15. The maximum atomic E-state index is 11.9. The summed E-state index contributed by atoms with van der Waals surface area (Å²) in [5.41, 5.74) is 10.7. The van der Waals surface area contributed by atoms with Gasteiger partial charge < -0.3 is 19.3 Å². The number of pyridine rings is 2. The van der Waals surface area contributed by atoms with Crippen LogP contribution in [0.1, 0.15) is 91.9 Å². The van der Waals surface area contributed by atoms with Crippen LogP contribution in [0.4, 0.5) is 5.69 Å². The second-order valence-corrected chi connectivity index (χ2v) is 15.5. The molecule has 7 aromatic rings. The molecule has 0 spiro atoms. The standard InChI is InChI=1S/C26H21N3O2.C19H17BrN2O2/c1-27-21-5-3-4-18(13-21)22-11-16(10-19-8-9-29(2)25(19)22)12-24-23(26(30)31)14-20(15-28-24)17-6-7-17;1-22-5-4-13-6-11(7-16(20)18(13)22)8-17-15(19(23)24)9-14(10-21-17)12-2-3-12/h3-5,8-11,13-15,17H,6-7,12H2,2H3,(H,30,31);4-7,9-10,12H,2-3,8H2,1H3,(H,23,24). The van der Waals surface area contributed by atoms with E-state index in [2.05, 4.69) is 70.2 Å². The summed E-state index contributed by atoms with van der Waals surface area (Å²) in [5.74, 6) is -0.878. The number of hydrogen-bond acceptors (Lipinski definition) is 4. The number of aryl methyl sites for hydroxylation is 2. The lowest BCUT2D eigenvalue weighted by Crippen LogP contribution is -2.07. The highest BCUT2D eigenvalue weighted by atomic mass is 79.9. The van der Waals surface area contributed by atoms with Crippen molar-refractivity contribution in [1.82, 2.24) is 19.1 Å². The van der Waals surface area contributed by atoms with E-state index in [-0.39, 0.29) is 5.56 Å². The van der Waals surface area contributed by atoms with Crippen molar-refractivity contribution in [3.8, 4) is 11.1 Å². The summed E-state index contributed by atoms with van der Waals surface area (Å²) in [4.78, 5) is 36.1. The van der Waals surface area contributed by atoms with Gasteiger partial charge in [-0.1, -0.05) is 18.2 Å². The zero-order valence-electron chi connectivity index (χ0n) is 30.5. The lowest BCUT2D eigenvalue weighted by molar-refractivity contribution is 0.0684. The van der Waals surface area contributed by atoms with Gasteiger partial charge >= 0.3 is 11.9 Å². The molecule has 0 amide bonds. The van der Waals surface area contributed by atoms with Crippen molar-refractivity contribution in [2.75, 3.05) is 0 Å². The lowest BCUT2D eigenvalue weighted by atomic mass is 9.96. The van der Waals surface area contributed by atoms with E-state index in [1.165, 1.54) is 0 Å². The zero-order valence-corrected chi connectivity index (χ0v) is 32.0. The second kappa shape index (κ2) is 14.6. The normalized spacial score (nSPS) is 13.7. The predicted octanol–water partition coefficient (Wildman–Crippen LogP) is 10.5. The fourth-order valence-corrected chi connectivity index (χ4v) is 8.26. The summed E-state index contributed by atoms with van der Waals surface area (Å²) in [6, 6.07) is 23.6. The molecule has 274 valence electrons. The highest BCUT2D eigenvalue weighted by Gasteiger charge is 2.27. The first kappa shape index (κ1) is 36.0. The molecule has 9 nitrogen and oxygen atoms in total. The third-order valence-corrected chi connectivity index (χ3v) is 11.2. The molecule has 4 heterocycles. The van der Waals surface area contributed by atoms with Crippen molar-refractivity contribution in [3.05, 3.63) is 158 Å². The van der Waals surface area contributed by atoms with Crippen LogP contribution in [0, 0.1) is 6.57 Å². The molecule has 0 unspecified atom stereocenters. The number of aromatic nitrogens is 4. The number of carbonyl (C=O) groups is 2. The van der Waals surface area contributed by atoms with Gasteiger partial charge in [-0.05, 0) is 136 Å². The highest BCUT2D eigenvalue weighted by molar-refractivity contribution is 9.10. The molecule has 0 bridgehead atoms. The number of rotatable bonds is 9. The Labute approximate surface area is 326 Å². The summed E-state index contributed by atoms with van der Waals surface area (Å²) in [7, 11) is 4.01. The fourth-order valence-electron chi connectivity index (χ4n) is 7.46. The Kier molecular flexibility index (Phi) is 9.57. The quantitative estimate of drug-likeness (QED) is 0.141. The third kappa shape index (κ3) is 7.53. The van der Waals surface area contributed by atoms with Gasteiger partial charge in [0.25, 0.3) is 0 Å². The van der Waals surface area contributed by atoms with Gasteiger partial charge in [-0.25, -0.2) is 14.4 Å². The van der Waals surface area contributed by atoms with Crippen molar-refractivity contribution >= 4 is 55.4 Å². The number of carboxylic acids is 2. The Balaban J connectivity index is 0.000000160. The van der Waals surface area contributed by atoms with Crippen LogP contribution in [0.25, 0.3) is 37.8 Å². The molecular weight excluding hydrogens is 754 g/mol. The van der Waals surface area contributed by atoms with Crippen molar-refractivity contribution < 1.29 is 19.8 Å². The molecule has 2 aliphatic rings. The Morgan fingerprint density at radius 1 is 0.745 bits per heavy atom. The van der Waals surface area contributed by atoms with Crippen LogP contribution in [0.2, 0.25) is 0 Å². The Hall–Kier alpha value is -6.05. The van der Waals surface area contributed by atoms with E-state index in [1.54, 1.807) is 18.2 Å². The molecular formula is C45H38BrN5O4. The van der Waals surface area contributed by atoms with Crippen LogP contribution in [-0.4, -0.2) is 41.3 Å². The van der Waals surface area contributed by atoms with Gasteiger partial charge in [0.1, 0.15) is 0 Å². The smallest absolute Gasteiger partial charge is 0.337 e. The summed E-state index contributed by atoms with van der Waals surface area (Å²) in [5, 5.41) is 21.5. The van der Waals surface area contributed by atoms with Gasteiger partial charge in [0.2, 0.25) is 0 Å². The minimum Gasteiger partial charge on any atom is -0.478 e. The Morgan fingerprint density at radius 2 is 1.27 bits per heavy atom. The summed E-state index contributed by atoms with van der Waals surface area (Å²) >= 11 is 3.62. The monoisotopic (exact) mass is 791 g/mol. The SMILES string of the molecule is Cn1ccc2cc(Cc3ncc(C4CC4)cc3C(=O)O)cc(Br)c21.[C-]#[N+]c1cccc(-c2cc(Cc3ncc(C4CC4)cc3C(=O)O)cc3ccn(C)c23)c1. The lowest BCUT2D eigenvalue weighted by Gasteiger charge is -2.12. The van der Waals surface area contributed by atoms with Crippen LogP contribution in [0.3, 0.4) is 0 Å². The first-order valence-electron chi connectivity index (χ1n) is 18.3. The van der Waals surface area contributed by atoms with Crippen molar-refractivity contribution in [1.29, 1.82) is 0 Å². The molecule has 55 heavy (non-hydrogen) atoms. The number of halogens is 1. The van der Waals surface area contributed by atoms with E-state index in [4.69, 9.17) is 6.57 Å². The minimum atomic E-state index is -0.934. The van der Waals surface area contributed by atoms with E-state index in [0.29, 0.717) is 47.3 Å². The molecule has 0 aliphatic heterocycles. The maximum absolute atomic E-state index is 11.9. The van der Waals surface area contributed by atoms with E-state index in [9.17, 15) is 19.8 Å². The van der Waals surface area contributed by atoms with Crippen molar-refractivity contribution in [2.45, 2.75) is 50.4 Å². The average molecular weight is 793 g/mol. The van der Waals surface area contributed by atoms with Crippen molar-refractivity contribution in [3.63, 3.8) is 0 Å². The molecule has 4 aromatic heterocycles. The number of fused-ring (bicyclic) bond motifs is 2. The van der Waals surface area contributed by atoms with Gasteiger partial charge in [-0.15, -0.1) is 0 Å². The summed E-state index contributed by atoms with van der Waals surface area (Å²) in [6.45, 7) is 7.34. The highest BCUT2D eigenvalue weighted by Crippen LogP contribution is 2.41. The Bertz CT molecular complexity index is 2700. The molecule has 9 rings (SSSR count). The molecule has 10 heteroatoms. The minimum absolute atomic E-state index is 0.286. The van der Waals surface area contributed by atoms with Gasteiger partial charge in [-0.2, -0.15) is 0 Å². The van der Waals surface area contributed by atoms with Crippen LogP contribution in [0.5, 0.6) is 0 Å². The number of carboxylic acid groups (broad SMARTS) is 2. The van der Waals surface area contributed by atoms with E-state index in [1.807, 2.05) is 63.1 Å². The molecule has 2 fully saturated rings. The van der Waals surface area contributed by atoms with Crippen LogP contribution in [-0.2, 0) is 26.9 Å². The van der Waals surface area contributed by atoms with E-state index < -0.39 is 11.9 Å². The molecule has 2 aliphatic carbocycles. The molecule has 0 radical (unpaired) electrons. The van der Waals surface area contributed by atoms with Gasteiger partial charge in [0.05, 0.1) is 40.1 Å². The molecule has 2 saturated carbocycles. The predicted molar refractivity (Wildman–Crippen MR) is 217 cm³/mol. The van der Waals surface area contributed by atoms with Crippen LogP contribution in [0.15, 0.2) is 102 Å². The average Bonchev–Trinajstić information content (AvgIpc) is 4.12. The van der Waals surface area contributed by atoms with Crippen molar-refractivity contribution in [2.24, 2.45) is 14.1 Å². The van der Waals surface area contributed by atoms with Crippen LogP contribution < -0.4 is 0 Å². The zero-order chi connectivity index (χ0) is 38.4. The molecule has 3 aromatic carbocycles. The number of aromatic carboxylic acids is 2. The molecule has 0 saturated heterocycles. The van der Waals surface area contributed by atoms with E-state index in [0.717, 1.165) is 85.3 Å². The second-order valence-electron chi connectivity index (χ2n) is 14.7. The third-order valence-electron chi connectivity index (χ3n) is 10.6. The van der Waals surface area contributed by atoms with E-state index >= 15 is 0 Å². The largest absolute Gasteiger partial charge is 0.478 e. The van der Waals surface area contributed by atoms with Gasteiger partial charge in [0, 0.05) is 72.5 Å². The first-order valence-corrected chi connectivity index (χ1v) is 19.1. The summed E-state index contributed by atoms with van der Waals surface area (Å²) in [6.07, 6.45) is 13.1. The van der Waals surface area contributed by atoms with Crippen LogP contribution >= 0.6 is 15.9 Å².